The van der Waals surface area contributed by atoms with Crippen molar-refractivity contribution in [2.45, 2.75) is 0 Å². The summed E-state index contributed by atoms with van der Waals surface area (Å²) in [6.45, 7) is 0. The monoisotopic (exact) mass is 656 g/mol. The van der Waals surface area contributed by atoms with Gasteiger partial charge < -0.3 is 0 Å². The summed E-state index contributed by atoms with van der Waals surface area (Å²) in [6.07, 6.45) is 0. The van der Waals surface area contributed by atoms with Gasteiger partial charge in [0, 0.05) is 0 Å². The van der Waals surface area contributed by atoms with Crippen LogP contribution < -0.4 is 0 Å². The Bertz CT molecular complexity index is 3170. The Hall–Kier alpha value is -6.76. The van der Waals surface area contributed by atoms with Crippen LogP contribution in [0.1, 0.15) is 0 Å². The molecular formula is C52H32. The van der Waals surface area contributed by atoms with Gasteiger partial charge in [-0.25, -0.2) is 0 Å². The molecule has 11 aromatic carbocycles. The molecule has 0 aromatic heterocycles. The number of hydrogen-bond acceptors (Lipinski definition) is 0. The third-order valence-corrected chi connectivity index (χ3v) is 11.2. The highest BCUT2D eigenvalue weighted by atomic mass is 14.2. The maximum Gasteiger partial charge on any atom is -0.00201 e. The van der Waals surface area contributed by atoms with Crippen LogP contribution in [-0.2, 0) is 0 Å². The molecule has 0 aliphatic rings. The van der Waals surface area contributed by atoms with E-state index in [2.05, 4.69) is 194 Å². The maximum atomic E-state index is 2.43. The van der Waals surface area contributed by atoms with Gasteiger partial charge in [0.15, 0.2) is 0 Å². The minimum atomic E-state index is 1.24. The van der Waals surface area contributed by atoms with Crippen LogP contribution in [0.15, 0.2) is 194 Å². The summed E-state index contributed by atoms with van der Waals surface area (Å²) in [7, 11) is 0. The average molecular weight is 657 g/mol. The van der Waals surface area contributed by atoms with Crippen LogP contribution in [0.5, 0.6) is 0 Å². The molecule has 0 heterocycles. The lowest BCUT2D eigenvalue weighted by Gasteiger charge is -2.20. The van der Waals surface area contributed by atoms with E-state index in [4.69, 9.17) is 0 Å². The van der Waals surface area contributed by atoms with Crippen LogP contribution in [-0.4, -0.2) is 0 Å². The van der Waals surface area contributed by atoms with Gasteiger partial charge in [0.2, 0.25) is 0 Å². The van der Waals surface area contributed by atoms with Gasteiger partial charge in [0.1, 0.15) is 0 Å². The van der Waals surface area contributed by atoms with Gasteiger partial charge in [0.25, 0.3) is 0 Å². The lowest BCUT2D eigenvalue weighted by atomic mass is 9.83. The normalized spacial score (nSPS) is 11.8. The van der Waals surface area contributed by atoms with Gasteiger partial charge in [-0.1, -0.05) is 170 Å². The molecule has 52 heavy (non-hydrogen) atoms. The van der Waals surface area contributed by atoms with Crippen LogP contribution in [0.25, 0.3) is 109 Å². The molecule has 0 unspecified atom stereocenters. The highest BCUT2D eigenvalue weighted by Gasteiger charge is 2.19. The molecule has 0 radical (unpaired) electrons. The van der Waals surface area contributed by atoms with Crippen LogP contribution >= 0.6 is 0 Å². The zero-order chi connectivity index (χ0) is 34.2. The number of rotatable bonds is 3. The summed E-state index contributed by atoms with van der Waals surface area (Å²) in [6, 6.07) is 71.9. The van der Waals surface area contributed by atoms with E-state index in [0.717, 1.165) is 0 Å². The van der Waals surface area contributed by atoms with E-state index >= 15 is 0 Å². The maximum absolute atomic E-state index is 2.43. The van der Waals surface area contributed by atoms with Crippen molar-refractivity contribution in [3.05, 3.63) is 194 Å². The van der Waals surface area contributed by atoms with Crippen molar-refractivity contribution in [2.24, 2.45) is 0 Å². The van der Waals surface area contributed by atoms with E-state index in [1.54, 1.807) is 0 Å². The van der Waals surface area contributed by atoms with E-state index in [1.165, 1.54) is 109 Å². The minimum absolute atomic E-state index is 1.24. The predicted molar refractivity (Wildman–Crippen MR) is 225 cm³/mol. The van der Waals surface area contributed by atoms with Gasteiger partial charge in [-0.05, 0) is 133 Å². The SMILES string of the molecule is c1ccc(-c2cc3ccc(-c4c5ccccc5c(-c5cccc6c5ccc5cc7ccccc7cc56)c5ccccc45)cc3c3ccccc23)cc1. The molecule has 11 aromatic rings. The minimum Gasteiger partial charge on any atom is -0.0622 e. The smallest absolute Gasteiger partial charge is 0.00201 e. The molecule has 0 aliphatic carbocycles. The number of benzene rings is 11. The molecule has 0 nitrogen and oxygen atoms in total. The molecule has 11 rings (SSSR count). The highest BCUT2D eigenvalue weighted by Crippen LogP contribution is 2.47. The van der Waals surface area contributed by atoms with Crippen molar-refractivity contribution in [3.63, 3.8) is 0 Å². The molecule has 0 amide bonds. The van der Waals surface area contributed by atoms with E-state index < -0.39 is 0 Å². The van der Waals surface area contributed by atoms with E-state index in [9.17, 15) is 0 Å². The second kappa shape index (κ2) is 11.4. The van der Waals surface area contributed by atoms with E-state index in [1.807, 2.05) is 0 Å². The van der Waals surface area contributed by atoms with Gasteiger partial charge in [-0.3, -0.25) is 0 Å². The zero-order valence-electron chi connectivity index (χ0n) is 28.5. The highest BCUT2D eigenvalue weighted by molar-refractivity contribution is 6.26. The first-order valence-corrected chi connectivity index (χ1v) is 18.1. The van der Waals surface area contributed by atoms with Crippen molar-refractivity contribution in [1.29, 1.82) is 0 Å². The van der Waals surface area contributed by atoms with Crippen LogP contribution in [0.3, 0.4) is 0 Å². The molecule has 0 spiro atoms. The first-order chi connectivity index (χ1) is 25.8. The lowest BCUT2D eigenvalue weighted by Crippen LogP contribution is -1.92. The molecule has 0 saturated heterocycles. The zero-order valence-corrected chi connectivity index (χ0v) is 28.5. The van der Waals surface area contributed by atoms with Crippen molar-refractivity contribution in [1.82, 2.24) is 0 Å². The topological polar surface area (TPSA) is 0 Å². The van der Waals surface area contributed by atoms with Crippen LogP contribution in [0.2, 0.25) is 0 Å². The van der Waals surface area contributed by atoms with Gasteiger partial charge in [-0.2, -0.15) is 0 Å². The van der Waals surface area contributed by atoms with Crippen LogP contribution in [0.4, 0.5) is 0 Å². The Morgan fingerprint density at radius 3 is 1.40 bits per heavy atom. The second-order valence-corrected chi connectivity index (χ2v) is 14.0. The molecular weight excluding hydrogens is 625 g/mol. The van der Waals surface area contributed by atoms with Gasteiger partial charge in [0.05, 0.1) is 0 Å². The van der Waals surface area contributed by atoms with E-state index in [-0.39, 0.29) is 0 Å². The van der Waals surface area contributed by atoms with Crippen molar-refractivity contribution >= 4 is 75.4 Å². The summed E-state index contributed by atoms with van der Waals surface area (Å²) in [5.41, 5.74) is 7.59. The first-order valence-electron chi connectivity index (χ1n) is 18.1. The number of fused-ring (bicyclic) bond motifs is 9. The van der Waals surface area contributed by atoms with Crippen molar-refractivity contribution in [2.75, 3.05) is 0 Å². The standard InChI is InChI=1S/C52H32/c1-2-13-33(14-3-1)48-31-37-25-26-38(32-50(37)40-18-7-6-17-39(40)48)51-44-19-8-10-21-46(44)52(47-22-11-9-20-45(47)51)43-24-12-23-41-42(43)28-27-36-29-34-15-4-5-16-35(34)30-49(36)41/h1-32H. The summed E-state index contributed by atoms with van der Waals surface area (Å²) in [5, 5.41) is 17.8. The summed E-state index contributed by atoms with van der Waals surface area (Å²) in [5.74, 6) is 0. The quantitative estimate of drug-likeness (QED) is 0.131. The average Bonchev–Trinajstić information content (AvgIpc) is 3.21. The fourth-order valence-corrected chi connectivity index (χ4v) is 8.84. The van der Waals surface area contributed by atoms with Crippen molar-refractivity contribution < 1.29 is 0 Å². The Morgan fingerprint density at radius 1 is 0.192 bits per heavy atom. The fraction of sp³-hybridized carbons (Fsp3) is 0. The Balaban J connectivity index is 1.19. The Morgan fingerprint density at radius 2 is 0.692 bits per heavy atom. The fourth-order valence-electron chi connectivity index (χ4n) is 8.84. The molecule has 0 saturated carbocycles. The molecule has 0 N–H and O–H groups in total. The molecule has 0 fully saturated rings. The lowest BCUT2D eigenvalue weighted by molar-refractivity contribution is 1.66. The Kier molecular flexibility index (Phi) is 6.35. The van der Waals surface area contributed by atoms with Gasteiger partial charge in [-0.15, -0.1) is 0 Å². The van der Waals surface area contributed by atoms with E-state index in [0.29, 0.717) is 0 Å². The van der Waals surface area contributed by atoms with Crippen molar-refractivity contribution in [3.8, 4) is 33.4 Å². The molecule has 0 atom stereocenters. The number of hydrogen-bond donors (Lipinski definition) is 0. The molecule has 0 aliphatic heterocycles. The van der Waals surface area contributed by atoms with Crippen LogP contribution in [0, 0.1) is 0 Å². The molecule has 0 heteroatoms. The van der Waals surface area contributed by atoms with Gasteiger partial charge >= 0.3 is 0 Å². The Labute approximate surface area is 301 Å². The summed E-state index contributed by atoms with van der Waals surface area (Å²) < 4.78 is 0. The largest absolute Gasteiger partial charge is 0.0622 e. The first kappa shape index (κ1) is 29.0. The predicted octanol–water partition coefficient (Wildman–Crippen LogP) is 14.8. The molecule has 0 bridgehead atoms. The summed E-state index contributed by atoms with van der Waals surface area (Å²) >= 11 is 0. The summed E-state index contributed by atoms with van der Waals surface area (Å²) in [4.78, 5) is 0. The third-order valence-electron chi connectivity index (χ3n) is 11.2. The third kappa shape index (κ3) is 4.35. The second-order valence-electron chi connectivity index (χ2n) is 14.0. The molecule has 240 valence electrons.